The van der Waals surface area contributed by atoms with E-state index in [-0.39, 0.29) is 42.3 Å². The number of carbonyl (C=O) groups is 1. The number of carboxylic acids is 1. The zero-order chi connectivity index (χ0) is 17.9. The first-order valence-corrected chi connectivity index (χ1v) is 8.76. The number of carboxylic acid groups (broad SMARTS) is 1. The van der Waals surface area contributed by atoms with Crippen LogP contribution in [-0.2, 0) is 29.3 Å². The summed E-state index contributed by atoms with van der Waals surface area (Å²) in [7, 11) is -3.54. The Labute approximate surface area is 159 Å². The first-order valence-electron chi connectivity index (χ1n) is 7.21. The van der Waals surface area contributed by atoms with E-state index in [0.29, 0.717) is 0 Å². The summed E-state index contributed by atoms with van der Waals surface area (Å²) < 4.78 is 30.3. The molecule has 2 N–H and O–H groups in total. The molecule has 0 spiro atoms. The Hall–Kier alpha value is -1.92. The summed E-state index contributed by atoms with van der Waals surface area (Å²) in [6, 6.07) is 10.3. The molecule has 2 aromatic carbocycles. The van der Waals surface area contributed by atoms with E-state index in [4.69, 9.17) is 9.84 Å². The Bertz CT molecular complexity index is 846. The third kappa shape index (κ3) is 5.03. The summed E-state index contributed by atoms with van der Waals surface area (Å²) in [6.07, 6.45) is 0. The Kier molecular flexibility index (Phi) is 7.14. The summed E-state index contributed by atoms with van der Waals surface area (Å²) in [5.41, 5.74) is 0.717. The topological polar surface area (TPSA) is 101 Å². The number of aromatic hydroxyl groups is 1. The van der Waals surface area contributed by atoms with Crippen molar-refractivity contribution in [1.29, 1.82) is 0 Å². The minimum atomic E-state index is -3.54. The van der Waals surface area contributed by atoms with E-state index in [1.807, 2.05) is 6.92 Å². The van der Waals surface area contributed by atoms with Crippen LogP contribution in [0.5, 0.6) is 11.5 Å². The van der Waals surface area contributed by atoms with E-state index in [1.54, 1.807) is 24.3 Å². The van der Waals surface area contributed by atoms with Crippen molar-refractivity contribution in [2.24, 2.45) is 0 Å². The summed E-state index contributed by atoms with van der Waals surface area (Å²) in [4.78, 5) is 11.0. The SMILES string of the molecule is Cc1ccc(S(=O)(=O)C(C)COc2ccc(C(=O)O)c(O)c2)cc1.[Zn]. The maximum absolute atomic E-state index is 12.5. The minimum absolute atomic E-state index is 0. The van der Waals surface area contributed by atoms with E-state index < -0.39 is 26.8 Å². The van der Waals surface area contributed by atoms with E-state index in [1.165, 1.54) is 19.1 Å². The van der Waals surface area contributed by atoms with E-state index in [2.05, 4.69) is 0 Å². The Balaban J connectivity index is 0.00000312. The second-order valence-electron chi connectivity index (χ2n) is 5.46. The molecule has 25 heavy (non-hydrogen) atoms. The van der Waals surface area contributed by atoms with Crippen LogP contribution < -0.4 is 4.74 Å². The fraction of sp³-hybridized carbons (Fsp3) is 0.235. The molecule has 0 saturated carbocycles. The molecular weight excluding hydrogens is 398 g/mol. The molecule has 0 heterocycles. The predicted octanol–water partition coefficient (Wildman–Crippen LogP) is 2.64. The largest absolute Gasteiger partial charge is 0.507 e. The van der Waals surface area contributed by atoms with E-state index in [0.717, 1.165) is 11.6 Å². The van der Waals surface area contributed by atoms with Crippen molar-refractivity contribution in [2.45, 2.75) is 24.0 Å². The summed E-state index contributed by atoms with van der Waals surface area (Å²) in [6.45, 7) is 3.28. The molecule has 0 aromatic heterocycles. The number of sulfone groups is 1. The number of ether oxygens (including phenoxy) is 1. The number of hydrogen-bond donors (Lipinski definition) is 2. The number of benzene rings is 2. The third-order valence-electron chi connectivity index (χ3n) is 3.56. The molecule has 0 aliphatic rings. The van der Waals surface area contributed by atoms with Crippen molar-refractivity contribution >= 4 is 15.8 Å². The van der Waals surface area contributed by atoms with Gasteiger partial charge < -0.3 is 14.9 Å². The van der Waals surface area contributed by atoms with Crippen molar-refractivity contribution in [2.75, 3.05) is 6.61 Å². The van der Waals surface area contributed by atoms with Gasteiger partial charge in [-0.05, 0) is 38.1 Å². The molecule has 1 atom stereocenters. The van der Waals surface area contributed by atoms with Crippen molar-refractivity contribution in [3.8, 4) is 11.5 Å². The second kappa shape index (κ2) is 8.45. The first-order chi connectivity index (χ1) is 11.2. The quantitative estimate of drug-likeness (QED) is 0.703. The van der Waals surface area contributed by atoms with Crippen molar-refractivity contribution in [3.05, 3.63) is 53.6 Å². The number of aromatic carboxylic acids is 1. The average molecular weight is 416 g/mol. The van der Waals surface area contributed by atoms with Crippen LogP contribution in [0.4, 0.5) is 0 Å². The number of rotatable bonds is 6. The van der Waals surface area contributed by atoms with Crippen molar-refractivity contribution < 1.29 is 47.6 Å². The summed E-state index contributed by atoms with van der Waals surface area (Å²) >= 11 is 0. The molecule has 0 bridgehead atoms. The maximum Gasteiger partial charge on any atom is 0.339 e. The normalized spacial score (nSPS) is 12.1. The van der Waals surface area contributed by atoms with Gasteiger partial charge in [0.05, 0.1) is 10.1 Å². The van der Waals surface area contributed by atoms with E-state index >= 15 is 0 Å². The molecular formula is C17H18O6SZn. The maximum atomic E-state index is 12.5. The van der Waals surface area contributed by atoms with E-state index in [9.17, 15) is 18.3 Å². The monoisotopic (exact) mass is 414 g/mol. The summed E-state index contributed by atoms with van der Waals surface area (Å²) in [5, 5.41) is 17.7. The van der Waals surface area contributed by atoms with Gasteiger partial charge in [0.15, 0.2) is 9.84 Å². The van der Waals surface area contributed by atoms with Crippen LogP contribution >= 0.6 is 0 Å². The van der Waals surface area contributed by atoms with Crippen molar-refractivity contribution in [3.63, 3.8) is 0 Å². The molecule has 0 aliphatic heterocycles. The number of aryl methyl sites for hydroxylation is 1. The van der Waals surface area contributed by atoms with Gasteiger partial charge in [0.25, 0.3) is 0 Å². The fourth-order valence-electron chi connectivity index (χ4n) is 2.05. The van der Waals surface area contributed by atoms with Crippen LogP contribution in [0, 0.1) is 6.92 Å². The van der Waals surface area contributed by atoms with Gasteiger partial charge in [-0.1, -0.05) is 17.7 Å². The molecule has 0 amide bonds. The van der Waals surface area contributed by atoms with Gasteiger partial charge >= 0.3 is 5.97 Å². The molecule has 6 nitrogen and oxygen atoms in total. The molecule has 0 radical (unpaired) electrons. The van der Waals surface area contributed by atoms with Crippen LogP contribution in [-0.4, -0.2) is 36.5 Å². The van der Waals surface area contributed by atoms with Gasteiger partial charge in [0, 0.05) is 25.5 Å². The first kappa shape index (κ1) is 21.1. The van der Waals surface area contributed by atoms with Gasteiger partial charge in [-0.25, -0.2) is 13.2 Å². The minimum Gasteiger partial charge on any atom is -0.507 e. The Morgan fingerprint density at radius 3 is 2.28 bits per heavy atom. The third-order valence-corrected chi connectivity index (χ3v) is 5.69. The zero-order valence-electron chi connectivity index (χ0n) is 14.0. The average Bonchev–Trinajstić information content (AvgIpc) is 2.52. The van der Waals surface area contributed by atoms with Gasteiger partial charge in [0.2, 0.25) is 0 Å². The smallest absolute Gasteiger partial charge is 0.339 e. The van der Waals surface area contributed by atoms with Gasteiger partial charge in [-0.15, -0.1) is 0 Å². The fourth-order valence-corrected chi connectivity index (χ4v) is 3.27. The zero-order valence-corrected chi connectivity index (χ0v) is 17.8. The molecule has 0 saturated heterocycles. The molecule has 130 valence electrons. The predicted molar refractivity (Wildman–Crippen MR) is 88.4 cm³/mol. The van der Waals surface area contributed by atoms with Gasteiger partial charge in [-0.2, -0.15) is 0 Å². The Morgan fingerprint density at radius 1 is 1.16 bits per heavy atom. The van der Waals surface area contributed by atoms with Crippen LogP contribution in [0.2, 0.25) is 0 Å². The van der Waals surface area contributed by atoms with Crippen LogP contribution in [0.1, 0.15) is 22.8 Å². The van der Waals surface area contributed by atoms with Crippen LogP contribution in [0.25, 0.3) is 0 Å². The number of hydrogen-bond acceptors (Lipinski definition) is 5. The van der Waals surface area contributed by atoms with Gasteiger partial charge in [-0.3, -0.25) is 0 Å². The Morgan fingerprint density at radius 2 is 1.76 bits per heavy atom. The van der Waals surface area contributed by atoms with Gasteiger partial charge in [0.1, 0.15) is 23.7 Å². The molecule has 2 rings (SSSR count). The second-order valence-corrected chi connectivity index (χ2v) is 7.83. The molecule has 8 heteroatoms. The number of phenols is 1. The molecule has 0 fully saturated rings. The standard InChI is InChI=1S/C17H18O6S.Zn/c1-11-3-6-14(7-4-11)24(21,22)12(2)10-23-13-5-8-15(17(19)20)16(18)9-13;/h3-9,12,18H,10H2,1-2H3,(H,19,20);. The molecule has 2 aromatic rings. The molecule has 1 unspecified atom stereocenters. The molecule has 0 aliphatic carbocycles. The van der Waals surface area contributed by atoms with Crippen LogP contribution in [0.15, 0.2) is 47.4 Å². The summed E-state index contributed by atoms with van der Waals surface area (Å²) in [5.74, 6) is -1.49. The van der Waals surface area contributed by atoms with Crippen LogP contribution in [0.3, 0.4) is 0 Å². The van der Waals surface area contributed by atoms with Crippen molar-refractivity contribution in [1.82, 2.24) is 0 Å².